The monoisotopic (exact) mass is 253 g/mol. The topological polar surface area (TPSA) is 37.8 Å². The Morgan fingerprint density at radius 3 is 2.79 bits per heavy atom. The summed E-state index contributed by atoms with van der Waals surface area (Å²) in [5, 5.41) is 3.16. The second-order valence-electron chi connectivity index (χ2n) is 5.10. The van der Waals surface area contributed by atoms with Gasteiger partial charge in [-0.25, -0.2) is 9.97 Å². The fraction of sp³-hybridized carbons (Fsp3) is 0.375. The van der Waals surface area contributed by atoms with Crippen LogP contribution in [0.4, 0.5) is 5.69 Å². The van der Waals surface area contributed by atoms with Crippen LogP contribution in [-0.2, 0) is 12.8 Å². The highest BCUT2D eigenvalue weighted by Crippen LogP contribution is 2.26. The molecular weight excluding hydrogens is 234 g/mol. The molecule has 1 aromatic carbocycles. The molecule has 1 heterocycles. The molecule has 1 aliphatic rings. The van der Waals surface area contributed by atoms with Crippen LogP contribution in [0.15, 0.2) is 24.3 Å². The summed E-state index contributed by atoms with van der Waals surface area (Å²) in [5.41, 5.74) is 5.96. The van der Waals surface area contributed by atoms with Crippen molar-refractivity contribution in [1.29, 1.82) is 0 Å². The van der Waals surface area contributed by atoms with E-state index in [1.165, 1.54) is 24.1 Å². The van der Waals surface area contributed by atoms with E-state index in [-0.39, 0.29) is 0 Å². The minimum absolute atomic E-state index is 0.857. The second-order valence-corrected chi connectivity index (χ2v) is 5.10. The molecule has 0 atom stereocenters. The van der Waals surface area contributed by atoms with Crippen LogP contribution in [0.2, 0.25) is 0 Å². The lowest BCUT2D eigenvalue weighted by atomic mass is 9.95. The zero-order chi connectivity index (χ0) is 13.2. The highest BCUT2D eigenvalue weighted by atomic mass is 14.9. The summed E-state index contributed by atoms with van der Waals surface area (Å²) < 4.78 is 0. The molecule has 0 saturated carbocycles. The number of anilines is 1. The molecule has 1 aromatic heterocycles. The molecule has 3 nitrogen and oxygen atoms in total. The first-order valence-corrected chi connectivity index (χ1v) is 6.92. The molecule has 0 bridgehead atoms. The second kappa shape index (κ2) is 5.00. The van der Waals surface area contributed by atoms with E-state index in [9.17, 15) is 0 Å². The van der Waals surface area contributed by atoms with Gasteiger partial charge in [0, 0.05) is 29.7 Å². The lowest BCUT2D eigenvalue weighted by molar-refractivity contribution is 0.658. The maximum absolute atomic E-state index is 4.78. The van der Waals surface area contributed by atoms with Gasteiger partial charge in [0.15, 0.2) is 5.82 Å². The molecule has 1 aliphatic carbocycles. The predicted molar refractivity (Wildman–Crippen MR) is 78.4 cm³/mol. The predicted octanol–water partition coefficient (Wildman–Crippen LogP) is 3.37. The molecule has 0 spiro atoms. The Balaban J connectivity index is 2.07. The molecule has 19 heavy (non-hydrogen) atoms. The molecule has 1 N–H and O–H groups in total. The van der Waals surface area contributed by atoms with Gasteiger partial charge in [0.05, 0.1) is 0 Å². The van der Waals surface area contributed by atoms with E-state index in [2.05, 4.69) is 30.4 Å². The quantitative estimate of drug-likeness (QED) is 0.891. The SMILES string of the molecule is CNc1cccc(-c2nc(C)c3c(n2)CCCC3)c1. The standard InChI is InChI=1S/C16H19N3/c1-11-14-8-3-4-9-15(14)19-16(18-11)12-6-5-7-13(10-12)17-2/h5-7,10,17H,3-4,8-9H2,1-2H3. The van der Waals surface area contributed by atoms with Crippen molar-refractivity contribution in [1.82, 2.24) is 9.97 Å². The number of rotatable bonds is 2. The smallest absolute Gasteiger partial charge is 0.159 e. The molecule has 0 fully saturated rings. The van der Waals surface area contributed by atoms with Gasteiger partial charge in [-0.1, -0.05) is 12.1 Å². The third-order valence-electron chi connectivity index (χ3n) is 3.80. The van der Waals surface area contributed by atoms with Crippen molar-refractivity contribution in [3.63, 3.8) is 0 Å². The fourth-order valence-electron chi connectivity index (χ4n) is 2.72. The summed E-state index contributed by atoms with van der Waals surface area (Å²) >= 11 is 0. The summed E-state index contributed by atoms with van der Waals surface area (Å²) in [4.78, 5) is 9.47. The third-order valence-corrected chi connectivity index (χ3v) is 3.80. The van der Waals surface area contributed by atoms with Crippen molar-refractivity contribution in [3.05, 3.63) is 41.2 Å². The Hall–Kier alpha value is -1.90. The third kappa shape index (κ3) is 2.33. The van der Waals surface area contributed by atoms with Crippen molar-refractivity contribution in [2.45, 2.75) is 32.6 Å². The van der Waals surface area contributed by atoms with Gasteiger partial charge in [0.2, 0.25) is 0 Å². The lowest BCUT2D eigenvalue weighted by Crippen LogP contribution is -2.10. The number of aryl methyl sites for hydroxylation is 2. The van der Waals surface area contributed by atoms with E-state index in [0.29, 0.717) is 0 Å². The summed E-state index contributed by atoms with van der Waals surface area (Å²) in [6, 6.07) is 8.27. The molecule has 2 aromatic rings. The van der Waals surface area contributed by atoms with Crippen LogP contribution >= 0.6 is 0 Å². The molecule has 3 heteroatoms. The molecular formula is C16H19N3. The van der Waals surface area contributed by atoms with E-state index in [4.69, 9.17) is 9.97 Å². The van der Waals surface area contributed by atoms with E-state index in [1.54, 1.807) is 0 Å². The summed E-state index contributed by atoms with van der Waals surface area (Å²) in [5.74, 6) is 0.857. The first-order valence-electron chi connectivity index (χ1n) is 6.92. The average Bonchev–Trinajstić information content (AvgIpc) is 2.47. The maximum atomic E-state index is 4.78. The number of nitrogens with zero attached hydrogens (tertiary/aromatic N) is 2. The summed E-state index contributed by atoms with van der Waals surface area (Å²) in [6.07, 6.45) is 4.75. The van der Waals surface area contributed by atoms with Crippen LogP contribution in [0, 0.1) is 6.92 Å². The van der Waals surface area contributed by atoms with Crippen LogP contribution in [0.25, 0.3) is 11.4 Å². The number of hydrogen-bond acceptors (Lipinski definition) is 3. The van der Waals surface area contributed by atoms with E-state index < -0.39 is 0 Å². The molecule has 0 unspecified atom stereocenters. The van der Waals surface area contributed by atoms with Crippen LogP contribution in [0.1, 0.15) is 29.8 Å². The average molecular weight is 253 g/mol. The molecule has 3 rings (SSSR count). The number of aromatic nitrogens is 2. The summed E-state index contributed by atoms with van der Waals surface area (Å²) in [7, 11) is 1.93. The lowest BCUT2D eigenvalue weighted by Gasteiger charge is -2.17. The van der Waals surface area contributed by atoms with Gasteiger partial charge >= 0.3 is 0 Å². The highest BCUT2D eigenvalue weighted by molar-refractivity contribution is 5.62. The number of hydrogen-bond donors (Lipinski definition) is 1. The van der Waals surface area contributed by atoms with Gasteiger partial charge < -0.3 is 5.32 Å². The first kappa shape index (κ1) is 12.2. The Labute approximate surface area is 114 Å². The van der Waals surface area contributed by atoms with E-state index in [1.807, 2.05) is 13.1 Å². The van der Waals surface area contributed by atoms with Crippen molar-refractivity contribution < 1.29 is 0 Å². The van der Waals surface area contributed by atoms with Gasteiger partial charge in [0.25, 0.3) is 0 Å². The normalized spacial score (nSPS) is 14.0. The van der Waals surface area contributed by atoms with Gasteiger partial charge in [-0.2, -0.15) is 0 Å². The van der Waals surface area contributed by atoms with Gasteiger partial charge in [0.1, 0.15) is 0 Å². The Bertz CT molecular complexity index is 605. The van der Waals surface area contributed by atoms with Gasteiger partial charge in [-0.15, -0.1) is 0 Å². The number of benzene rings is 1. The largest absolute Gasteiger partial charge is 0.388 e. The minimum atomic E-state index is 0.857. The van der Waals surface area contributed by atoms with Crippen LogP contribution in [-0.4, -0.2) is 17.0 Å². The van der Waals surface area contributed by atoms with Crippen molar-refractivity contribution in [2.75, 3.05) is 12.4 Å². The van der Waals surface area contributed by atoms with Crippen molar-refractivity contribution in [2.24, 2.45) is 0 Å². The van der Waals surface area contributed by atoms with Gasteiger partial charge in [-0.05, 0) is 50.3 Å². The van der Waals surface area contributed by atoms with Crippen molar-refractivity contribution in [3.8, 4) is 11.4 Å². The highest BCUT2D eigenvalue weighted by Gasteiger charge is 2.16. The Morgan fingerprint density at radius 2 is 1.95 bits per heavy atom. The van der Waals surface area contributed by atoms with Crippen LogP contribution < -0.4 is 5.32 Å². The Morgan fingerprint density at radius 1 is 1.11 bits per heavy atom. The van der Waals surface area contributed by atoms with Crippen LogP contribution in [0.3, 0.4) is 0 Å². The van der Waals surface area contributed by atoms with E-state index >= 15 is 0 Å². The van der Waals surface area contributed by atoms with Crippen molar-refractivity contribution >= 4 is 5.69 Å². The zero-order valence-corrected chi connectivity index (χ0v) is 11.5. The van der Waals surface area contributed by atoms with Gasteiger partial charge in [-0.3, -0.25) is 0 Å². The maximum Gasteiger partial charge on any atom is 0.159 e. The molecule has 0 saturated heterocycles. The fourth-order valence-corrected chi connectivity index (χ4v) is 2.72. The first-order chi connectivity index (χ1) is 9.28. The zero-order valence-electron chi connectivity index (χ0n) is 11.5. The minimum Gasteiger partial charge on any atom is -0.388 e. The van der Waals surface area contributed by atoms with Crippen LogP contribution in [0.5, 0.6) is 0 Å². The molecule has 98 valence electrons. The van der Waals surface area contributed by atoms with E-state index in [0.717, 1.165) is 35.6 Å². The number of fused-ring (bicyclic) bond motifs is 1. The molecule has 0 amide bonds. The number of nitrogens with one attached hydrogen (secondary N) is 1. The Kier molecular flexibility index (Phi) is 3.20. The molecule has 0 aliphatic heterocycles. The summed E-state index contributed by atoms with van der Waals surface area (Å²) in [6.45, 7) is 2.11. The molecule has 0 radical (unpaired) electrons.